The predicted octanol–water partition coefficient (Wildman–Crippen LogP) is 2.43. The van der Waals surface area contributed by atoms with Crippen LogP contribution in [0.1, 0.15) is 43.9 Å². The van der Waals surface area contributed by atoms with Crippen molar-refractivity contribution in [2.24, 2.45) is 5.73 Å². The van der Waals surface area contributed by atoms with Gasteiger partial charge in [-0.15, -0.1) is 10.2 Å². The maximum Gasteiger partial charge on any atom is 0.409 e. The fourth-order valence-corrected chi connectivity index (χ4v) is 3.14. The van der Waals surface area contributed by atoms with Crippen molar-refractivity contribution in [1.82, 2.24) is 24.8 Å². The number of benzene rings is 1. The highest BCUT2D eigenvalue weighted by Gasteiger charge is 2.28. The van der Waals surface area contributed by atoms with E-state index in [4.69, 9.17) is 15.2 Å². The van der Waals surface area contributed by atoms with Crippen molar-refractivity contribution in [1.29, 1.82) is 0 Å². The molecule has 1 atom stereocenters. The SMILES string of the molecule is CCN(C)C(=O)OCc1cccc2nnc([C@@H](COCc3ccccc3)NC(=O)C(C)(C)N)n12. The molecule has 2 heterocycles. The molecule has 0 aliphatic rings. The summed E-state index contributed by atoms with van der Waals surface area (Å²) in [6.07, 6.45) is -0.435. The molecule has 10 heteroatoms. The monoisotopic (exact) mass is 468 g/mol. The van der Waals surface area contributed by atoms with Crippen molar-refractivity contribution in [3.8, 4) is 0 Å². The average molecular weight is 469 g/mol. The molecule has 3 N–H and O–H groups in total. The van der Waals surface area contributed by atoms with E-state index in [1.165, 1.54) is 4.90 Å². The Morgan fingerprint density at radius 1 is 1.12 bits per heavy atom. The second-order valence-corrected chi connectivity index (χ2v) is 8.59. The lowest BCUT2D eigenvalue weighted by atomic mass is 10.1. The third kappa shape index (κ3) is 6.30. The number of pyridine rings is 1. The summed E-state index contributed by atoms with van der Waals surface area (Å²) in [6, 6.07) is 14.5. The van der Waals surface area contributed by atoms with Crippen molar-refractivity contribution in [3.05, 3.63) is 65.6 Å². The first-order chi connectivity index (χ1) is 16.2. The Labute approximate surface area is 199 Å². The van der Waals surface area contributed by atoms with Gasteiger partial charge in [0, 0.05) is 13.6 Å². The molecule has 10 nitrogen and oxygen atoms in total. The van der Waals surface area contributed by atoms with E-state index in [2.05, 4.69) is 15.5 Å². The van der Waals surface area contributed by atoms with E-state index in [-0.39, 0.29) is 19.1 Å². The molecule has 3 aromatic rings. The number of fused-ring (bicyclic) bond motifs is 1. The van der Waals surface area contributed by atoms with Gasteiger partial charge < -0.3 is 25.4 Å². The third-order valence-electron chi connectivity index (χ3n) is 5.26. The minimum atomic E-state index is -1.10. The highest BCUT2D eigenvalue weighted by atomic mass is 16.6. The molecule has 3 rings (SSSR count). The minimum absolute atomic E-state index is 0.0134. The molecule has 34 heavy (non-hydrogen) atoms. The summed E-state index contributed by atoms with van der Waals surface area (Å²) in [4.78, 5) is 26.3. The zero-order valence-electron chi connectivity index (χ0n) is 20.0. The van der Waals surface area contributed by atoms with Crippen LogP contribution in [0.2, 0.25) is 0 Å². The molecule has 0 saturated carbocycles. The first-order valence-corrected chi connectivity index (χ1v) is 11.1. The number of aromatic nitrogens is 3. The number of carbonyl (C=O) groups excluding carboxylic acids is 2. The number of nitrogens with one attached hydrogen (secondary N) is 1. The van der Waals surface area contributed by atoms with Gasteiger partial charge in [-0.1, -0.05) is 36.4 Å². The van der Waals surface area contributed by atoms with Crippen molar-refractivity contribution < 1.29 is 19.1 Å². The Bertz CT molecular complexity index is 1110. The van der Waals surface area contributed by atoms with E-state index in [0.29, 0.717) is 30.3 Å². The molecular weight excluding hydrogens is 436 g/mol. The number of ether oxygens (including phenoxy) is 2. The molecule has 0 fully saturated rings. The maximum atomic E-state index is 12.7. The molecule has 182 valence electrons. The smallest absolute Gasteiger partial charge is 0.409 e. The molecule has 0 aliphatic heterocycles. The van der Waals surface area contributed by atoms with Crippen LogP contribution in [0, 0.1) is 0 Å². The molecule has 2 aromatic heterocycles. The highest BCUT2D eigenvalue weighted by molar-refractivity contribution is 5.85. The Kier molecular flexibility index (Phi) is 8.19. The van der Waals surface area contributed by atoms with Crippen molar-refractivity contribution in [3.63, 3.8) is 0 Å². The van der Waals surface area contributed by atoms with Gasteiger partial charge in [0.25, 0.3) is 0 Å². The summed E-state index contributed by atoms with van der Waals surface area (Å²) >= 11 is 0. The summed E-state index contributed by atoms with van der Waals surface area (Å²) in [6.45, 7) is 6.17. The van der Waals surface area contributed by atoms with Gasteiger partial charge in [-0.2, -0.15) is 0 Å². The number of carbonyl (C=O) groups is 2. The van der Waals surface area contributed by atoms with E-state index in [0.717, 1.165) is 5.56 Å². The second-order valence-electron chi connectivity index (χ2n) is 8.59. The van der Waals surface area contributed by atoms with E-state index < -0.39 is 17.7 Å². The number of nitrogens with two attached hydrogens (primary N) is 1. The molecular formula is C24H32N6O4. The lowest BCUT2D eigenvalue weighted by Gasteiger charge is -2.24. The number of hydrogen-bond acceptors (Lipinski definition) is 7. The molecule has 0 radical (unpaired) electrons. The number of rotatable bonds is 10. The van der Waals surface area contributed by atoms with Crippen LogP contribution < -0.4 is 11.1 Å². The van der Waals surface area contributed by atoms with Crippen LogP contribution >= 0.6 is 0 Å². The van der Waals surface area contributed by atoms with Crippen LogP contribution in [-0.2, 0) is 27.5 Å². The highest BCUT2D eigenvalue weighted by Crippen LogP contribution is 2.18. The van der Waals surface area contributed by atoms with Gasteiger partial charge >= 0.3 is 6.09 Å². The first kappa shape index (κ1) is 25.1. The normalized spacial score (nSPS) is 12.4. The zero-order chi connectivity index (χ0) is 24.7. The van der Waals surface area contributed by atoms with Gasteiger partial charge in [0.2, 0.25) is 5.91 Å². The molecule has 0 bridgehead atoms. The van der Waals surface area contributed by atoms with Crippen molar-refractivity contribution >= 4 is 17.6 Å². The standard InChI is InChI=1S/C24H32N6O4/c1-5-29(4)23(32)34-15-18-12-9-13-20-27-28-21(30(18)20)19(26-22(31)24(2,3)25)16-33-14-17-10-7-6-8-11-17/h6-13,19H,5,14-16,25H2,1-4H3,(H,26,31)/t19-/m1/s1. The summed E-state index contributed by atoms with van der Waals surface area (Å²) in [5.74, 6) is 0.0993. The second kappa shape index (κ2) is 11.1. The van der Waals surface area contributed by atoms with Crippen LogP contribution in [0.25, 0.3) is 5.65 Å². The van der Waals surface area contributed by atoms with Crippen molar-refractivity contribution in [2.45, 2.75) is 45.6 Å². The van der Waals surface area contributed by atoms with Gasteiger partial charge in [-0.3, -0.25) is 9.20 Å². The van der Waals surface area contributed by atoms with Gasteiger partial charge in [0.05, 0.1) is 24.4 Å². The fraction of sp³-hybridized carbons (Fsp3) is 0.417. The lowest BCUT2D eigenvalue weighted by Crippen LogP contribution is -2.51. The van der Waals surface area contributed by atoms with E-state index in [1.54, 1.807) is 31.4 Å². The van der Waals surface area contributed by atoms with Gasteiger partial charge in [0.15, 0.2) is 11.5 Å². The summed E-state index contributed by atoms with van der Waals surface area (Å²) in [7, 11) is 1.66. The number of nitrogens with zero attached hydrogens (tertiary/aromatic N) is 4. The van der Waals surface area contributed by atoms with Gasteiger partial charge in [0.1, 0.15) is 12.6 Å². The van der Waals surface area contributed by atoms with E-state index >= 15 is 0 Å². The zero-order valence-corrected chi connectivity index (χ0v) is 20.0. The maximum absolute atomic E-state index is 12.7. The number of amides is 2. The van der Waals surface area contributed by atoms with Crippen LogP contribution in [-0.4, -0.2) is 57.2 Å². The Hall–Kier alpha value is -3.50. The summed E-state index contributed by atoms with van der Waals surface area (Å²) in [5, 5.41) is 11.5. The molecule has 2 amide bonds. The van der Waals surface area contributed by atoms with Crippen LogP contribution in [0.3, 0.4) is 0 Å². The molecule has 1 aromatic carbocycles. The lowest BCUT2D eigenvalue weighted by molar-refractivity contribution is -0.126. The molecule has 0 saturated heterocycles. The summed E-state index contributed by atoms with van der Waals surface area (Å²) in [5.41, 5.74) is 7.13. The fourth-order valence-electron chi connectivity index (χ4n) is 3.14. The molecule has 0 aliphatic carbocycles. The van der Waals surface area contributed by atoms with Crippen LogP contribution in [0.5, 0.6) is 0 Å². The van der Waals surface area contributed by atoms with Crippen LogP contribution in [0.15, 0.2) is 48.5 Å². The van der Waals surface area contributed by atoms with Crippen LogP contribution in [0.4, 0.5) is 4.79 Å². The molecule has 0 spiro atoms. The van der Waals surface area contributed by atoms with E-state index in [1.807, 2.05) is 49.4 Å². The first-order valence-electron chi connectivity index (χ1n) is 11.1. The predicted molar refractivity (Wildman–Crippen MR) is 127 cm³/mol. The van der Waals surface area contributed by atoms with E-state index in [9.17, 15) is 9.59 Å². The third-order valence-corrected chi connectivity index (χ3v) is 5.26. The summed E-state index contributed by atoms with van der Waals surface area (Å²) < 4.78 is 13.1. The van der Waals surface area contributed by atoms with Crippen molar-refractivity contribution in [2.75, 3.05) is 20.2 Å². The largest absolute Gasteiger partial charge is 0.443 e. The van der Waals surface area contributed by atoms with Gasteiger partial charge in [-0.25, -0.2) is 4.79 Å². The van der Waals surface area contributed by atoms with Gasteiger partial charge in [-0.05, 0) is 38.5 Å². The molecule has 0 unspecified atom stereocenters. The Morgan fingerprint density at radius 3 is 2.53 bits per heavy atom. The Morgan fingerprint density at radius 2 is 1.85 bits per heavy atom. The minimum Gasteiger partial charge on any atom is -0.443 e. The topological polar surface area (TPSA) is 124 Å². The average Bonchev–Trinajstić information content (AvgIpc) is 3.26. The Balaban J connectivity index is 1.87. The number of hydrogen-bond donors (Lipinski definition) is 2. The quantitative estimate of drug-likeness (QED) is 0.468.